The Labute approximate surface area is 210 Å². The maximum atomic E-state index is 12.5. The summed E-state index contributed by atoms with van der Waals surface area (Å²) >= 11 is 0. The molecule has 3 aromatic rings. The molecule has 1 aliphatic heterocycles. The highest BCUT2D eigenvalue weighted by Gasteiger charge is 2.21. The highest BCUT2D eigenvalue weighted by atomic mass is 16.5. The van der Waals surface area contributed by atoms with E-state index in [1.807, 2.05) is 49.4 Å². The molecule has 1 aromatic heterocycles. The van der Waals surface area contributed by atoms with Crippen LogP contribution in [-0.2, 0) is 22.4 Å². The maximum Gasteiger partial charge on any atom is 0.339 e. The zero-order valence-corrected chi connectivity index (χ0v) is 20.7. The maximum absolute atomic E-state index is 12.5. The second-order valence-electron chi connectivity index (χ2n) is 9.32. The van der Waals surface area contributed by atoms with E-state index in [-0.39, 0.29) is 6.42 Å². The molecule has 2 aromatic carbocycles. The number of ether oxygens (including phenoxy) is 2. The predicted molar refractivity (Wildman–Crippen MR) is 136 cm³/mol. The van der Waals surface area contributed by atoms with Crippen molar-refractivity contribution in [3.63, 3.8) is 0 Å². The van der Waals surface area contributed by atoms with E-state index in [2.05, 4.69) is 4.90 Å². The fourth-order valence-corrected chi connectivity index (χ4v) is 4.48. The minimum atomic E-state index is -0.572. The predicted octanol–water partition coefficient (Wildman–Crippen LogP) is 3.50. The van der Waals surface area contributed by atoms with E-state index in [0.29, 0.717) is 30.6 Å². The first-order valence-electron chi connectivity index (χ1n) is 12.5. The summed E-state index contributed by atoms with van der Waals surface area (Å²) in [4.78, 5) is 27.3. The topological polar surface area (TPSA) is 101 Å². The first-order valence-corrected chi connectivity index (χ1v) is 12.5. The molecule has 2 N–H and O–H groups in total. The standard InChI is InChI=1S/C28H34N2O6/c1-20-3-7-22-18-24(28(32)36-26(22)17-20)19-23(27(31)29-33)8-4-21-5-9-25(10-6-21)35-14-2-11-30-12-15-34-16-13-30/h3,5-7,9-10,17-18,23,33H,2,4,8,11-16,19H2,1H3,(H,29,31). The monoisotopic (exact) mass is 494 g/mol. The van der Waals surface area contributed by atoms with E-state index in [1.165, 1.54) is 0 Å². The van der Waals surface area contributed by atoms with Crippen molar-refractivity contribution < 1.29 is 23.9 Å². The lowest BCUT2D eigenvalue weighted by Gasteiger charge is -2.26. The zero-order valence-electron chi connectivity index (χ0n) is 20.7. The van der Waals surface area contributed by atoms with Gasteiger partial charge in [0.05, 0.1) is 19.8 Å². The number of fused-ring (bicyclic) bond motifs is 1. The number of nitrogens with zero attached hydrogens (tertiary/aromatic N) is 1. The van der Waals surface area contributed by atoms with E-state index >= 15 is 0 Å². The molecule has 0 spiro atoms. The number of aryl methyl sites for hydroxylation is 2. The van der Waals surface area contributed by atoms with E-state index < -0.39 is 17.5 Å². The van der Waals surface area contributed by atoms with Crippen LogP contribution in [0.2, 0.25) is 0 Å². The van der Waals surface area contributed by atoms with Gasteiger partial charge in [-0.2, -0.15) is 0 Å². The van der Waals surface area contributed by atoms with Gasteiger partial charge in [0.2, 0.25) is 5.91 Å². The van der Waals surface area contributed by atoms with Crippen molar-refractivity contribution in [2.24, 2.45) is 5.92 Å². The lowest BCUT2D eigenvalue weighted by atomic mass is 9.92. The molecule has 1 atom stereocenters. The molecule has 1 unspecified atom stereocenters. The van der Waals surface area contributed by atoms with Gasteiger partial charge >= 0.3 is 5.63 Å². The Hall–Kier alpha value is -3.20. The lowest BCUT2D eigenvalue weighted by molar-refractivity contribution is -0.133. The number of carbonyl (C=O) groups is 1. The van der Waals surface area contributed by atoms with E-state index in [9.17, 15) is 14.8 Å². The van der Waals surface area contributed by atoms with E-state index in [1.54, 1.807) is 11.5 Å². The van der Waals surface area contributed by atoms with Gasteiger partial charge in [0.1, 0.15) is 11.3 Å². The summed E-state index contributed by atoms with van der Waals surface area (Å²) in [5, 5.41) is 10.1. The number of carbonyl (C=O) groups excluding carboxylic acids is 1. The van der Waals surface area contributed by atoms with Gasteiger partial charge in [-0.05, 0) is 68.0 Å². The van der Waals surface area contributed by atoms with Crippen molar-refractivity contribution in [1.29, 1.82) is 0 Å². The number of hydroxylamine groups is 1. The molecule has 2 heterocycles. The molecule has 192 valence electrons. The number of benzene rings is 2. The smallest absolute Gasteiger partial charge is 0.339 e. The average Bonchev–Trinajstić information content (AvgIpc) is 2.90. The number of hydrogen-bond acceptors (Lipinski definition) is 7. The Morgan fingerprint density at radius 1 is 1.14 bits per heavy atom. The molecule has 1 aliphatic rings. The van der Waals surface area contributed by atoms with Crippen molar-refractivity contribution >= 4 is 16.9 Å². The molecule has 0 radical (unpaired) electrons. The summed E-state index contributed by atoms with van der Waals surface area (Å²) in [5.41, 5.74) is 4.28. The summed E-state index contributed by atoms with van der Waals surface area (Å²) in [5.74, 6) is -0.273. The number of nitrogens with one attached hydrogen (secondary N) is 1. The minimum Gasteiger partial charge on any atom is -0.494 e. The number of hydrogen-bond donors (Lipinski definition) is 2. The average molecular weight is 495 g/mol. The molecule has 0 aliphatic carbocycles. The minimum absolute atomic E-state index is 0.183. The number of rotatable bonds is 11. The van der Waals surface area contributed by atoms with Gasteiger partial charge in [0.25, 0.3) is 0 Å². The molecule has 1 saturated heterocycles. The van der Waals surface area contributed by atoms with Crippen LogP contribution in [0.15, 0.2) is 57.7 Å². The summed E-state index contributed by atoms with van der Waals surface area (Å²) in [6.45, 7) is 7.16. The normalized spacial score (nSPS) is 15.1. The first-order chi connectivity index (χ1) is 17.5. The lowest BCUT2D eigenvalue weighted by Crippen LogP contribution is -2.37. The highest BCUT2D eigenvalue weighted by Crippen LogP contribution is 2.20. The molecule has 8 nitrogen and oxygen atoms in total. The molecule has 1 fully saturated rings. The highest BCUT2D eigenvalue weighted by molar-refractivity contribution is 5.79. The largest absolute Gasteiger partial charge is 0.494 e. The van der Waals surface area contributed by atoms with Gasteiger partial charge in [-0.3, -0.25) is 14.9 Å². The third-order valence-electron chi connectivity index (χ3n) is 6.61. The molecular weight excluding hydrogens is 460 g/mol. The number of morpholine rings is 1. The van der Waals surface area contributed by atoms with Crippen molar-refractivity contribution in [1.82, 2.24) is 10.4 Å². The molecule has 4 rings (SSSR count). The molecule has 1 amide bonds. The fourth-order valence-electron chi connectivity index (χ4n) is 4.48. The third kappa shape index (κ3) is 7.16. The van der Waals surface area contributed by atoms with Crippen LogP contribution in [0.3, 0.4) is 0 Å². The van der Waals surface area contributed by atoms with Crippen LogP contribution in [-0.4, -0.2) is 55.5 Å². The van der Waals surface area contributed by atoms with Crippen molar-refractivity contribution in [3.05, 3.63) is 75.6 Å². The summed E-state index contributed by atoms with van der Waals surface area (Å²) in [6, 6.07) is 15.3. The fraction of sp³-hybridized carbons (Fsp3) is 0.429. The molecule has 0 bridgehead atoms. The molecule has 36 heavy (non-hydrogen) atoms. The summed E-state index contributed by atoms with van der Waals surface area (Å²) in [7, 11) is 0. The van der Waals surface area contributed by atoms with Crippen LogP contribution in [0.1, 0.15) is 29.5 Å². The summed E-state index contributed by atoms with van der Waals surface area (Å²) in [6.07, 6.45) is 2.23. The Morgan fingerprint density at radius 2 is 1.92 bits per heavy atom. The molecule has 0 saturated carbocycles. The Balaban J connectivity index is 1.30. The van der Waals surface area contributed by atoms with Gasteiger partial charge in [-0.15, -0.1) is 0 Å². The van der Waals surface area contributed by atoms with Crippen LogP contribution < -0.4 is 15.8 Å². The van der Waals surface area contributed by atoms with Crippen LogP contribution >= 0.6 is 0 Å². The van der Waals surface area contributed by atoms with Gasteiger partial charge < -0.3 is 13.9 Å². The Bertz CT molecular complexity index is 1200. The van der Waals surface area contributed by atoms with Crippen LogP contribution in [0.25, 0.3) is 11.0 Å². The Kier molecular flexibility index (Phi) is 9.11. The molecular formula is C28H34N2O6. The van der Waals surface area contributed by atoms with Crippen LogP contribution in [0.5, 0.6) is 5.75 Å². The van der Waals surface area contributed by atoms with E-state index in [0.717, 1.165) is 61.5 Å². The quantitative estimate of drug-likeness (QED) is 0.182. The SMILES string of the molecule is Cc1ccc2cc(CC(CCc3ccc(OCCCN4CCOCC4)cc3)C(=O)NO)c(=O)oc2c1. The Morgan fingerprint density at radius 3 is 2.67 bits per heavy atom. The van der Waals surface area contributed by atoms with Gasteiger partial charge in [-0.1, -0.05) is 24.3 Å². The van der Waals surface area contributed by atoms with Gasteiger partial charge in [0, 0.05) is 36.5 Å². The van der Waals surface area contributed by atoms with Crippen molar-refractivity contribution in [3.8, 4) is 5.75 Å². The van der Waals surface area contributed by atoms with Crippen LogP contribution in [0, 0.1) is 12.8 Å². The van der Waals surface area contributed by atoms with Crippen LogP contribution in [0.4, 0.5) is 0 Å². The van der Waals surface area contributed by atoms with Crippen molar-refractivity contribution in [2.75, 3.05) is 39.5 Å². The van der Waals surface area contributed by atoms with E-state index in [4.69, 9.17) is 13.9 Å². The summed E-state index contributed by atoms with van der Waals surface area (Å²) < 4.78 is 16.7. The van der Waals surface area contributed by atoms with Gasteiger partial charge in [-0.25, -0.2) is 10.3 Å². The van der Waals surface area contributed by atoms with Gasteiger partial charge in [0.15, 0.2) is 0 Å². The zero-order chi connectivity index (χ0) is 25.3. The van der Waals surface area contributed by atoms with Crippen molar-refractivity contribution in [2.45, 2.75) is 32.6 Å². The second-order valence-corrected chi connectivity index (χ2v) is 9.32. The first kappa shape index (κ1) is 25.9. The number of amides is 1. The second kappa shape index (κ2) is 12.7. The third-order valence-corrected chi connectivity index (χ3v) is 6.61. The molecule has 8 heteroatoms.